The molecule has 128 valence electrons. The molecule has 0 saturated carbocycles. The summed E-state index contributed by atoms with van der Waals surface area (Å²) in [6.07, 6.45) is 0. The maximum atomic E-state index is 12.2. The lowest BCUT2D eigenvalue weighted by Gasteiger charge is -2.10. The highest BCUT2D eigenvalue weighted by atomic mass is 79.9. The van der Waals surface area contributed by atoms with E-state index in [2.05, 4.69) is 15.9 Å². The van der Waals surface area contributed by atoms with Crippen LogP contribution in [0.2, 0.25) is 0 Å². The van der Waals surface area contributed by atoms with Gasteiger partial charge in [-0.2, -0.15) is 0 Å². The van der Waals surface area contributed by atoms with E-state index < -0.39 is 0 Å². The standard InChI is InChI=1S/C19H16BrNO2S2/c1-13-2-6-15(7-3-13)17-12-25-19(24)21(17)10-18(22)23-11-14-4-8-16(20)9-5-14/h2-9,12H,10-11H2,1H3. The average molecular weight is 434 g/mol. The lowest BCUT2D eigenvalue weighted by Crippen LogP contribution is -2.14. The van der Waals surface area contributed by atoms with Gasteiger partial charge in [0.1, 0.15) is 13.2 Å². The molecule has 3 rings (SSSR count). The predicted octanol–water partition coefficient (Wildman–Crippen LogP) is 5.76. The zero-order valence-corrected chi connectivity index (χ0v) is 16.8. The molecule has 0 N–H and O–H groups in total. The maximum absolute atomic E-state index is 12.2. The number of nitrogens with zero attached hydrogens (tertiary/aromatic N) is 1. The molecule has 0 atom stereocenters. The Bertz CT molecular complexity index is 927. The second kappa shape index (κ2) is 8.08. The number of esters is 1. The molecule has 1 heterocycles. The van der Waals surface area contributed by atoms with E-state index in [1.165, 1.54) is 16.9 Å². The molecular weight excluding hydrogens is 418 g/mol. The van der Waals surface area contributed by atoms with Crippen molar-refractivity contribution in [3.63, 3.8) is 0 Å². The van der Waals surface area contributed by atoms with Gasteiger partial charge < -0.3 is 9.30 Å². The first kappa shape index (κ1) is 18.0. The van der Waals surface area contributed by atoms with E-state index in [9.17, 15) is 4.79 Å². The second-order valence-corrected chi connectivity index (χ2v) is 8.05. The molecule has 3 aromatic rings. The number of ether oxygens (including phenoxy) is 1. The summed E-state index contributed by atoms with van der Waals surface area (Å²) in [5.74, 6) is -0.300. The molecule has 0 unspecified atom stereocenters. The number of rotatable bonds is 5. The molecule has 0 bridgehead atoms. The SMILES string of the molecule is Cc1ccc(-c2csc(=S)n2CC(=O)OCc2ccc(Br)cc2)cc1. The molecule has 0 aliphatic heterocycles. The van der Waals surface area contributed by atoms with Gasteiger partial charge in [0.25, 0.3) is 0 Å². The summed E-state index contributed by atoms with van der Waals surface area (Å²) in [5.41, 5.74) is 4.12. The Morgan fingerprint density at radius 3 is 2.52 bits per heavy atom. The minimum atomic E-state index is -0.300. The third kappa shape index (κ3) is 4.66. The van der Waals surface area contributed by atoms with Crippen LogP contribution in [0, 0.1) is 10.9 Å². The van der Waals surface area contributed by atoms with Crippen LogP contribution in [-0.4, -0.2) is 10.5 Å². The van der Waals surface area contributed by atoms with Crippen molar-refractivity contribution < 1.29 is 9.53 Å². The van der Waals surface area contributed by atoms with E-state index in [1.54, 1.807) is 0 Å². The van der Waals surface area contributed by atoms with Gasteiger partial charge >= 0.3 is 5.97 Å². The van der Waals surface area contributed by atoms with Crippen molar-refractivity contribution in [2.75, 3.05) is 0 Å². The molecule has 0 aliphatic rings. The van der Waals surface area contributed by atoms with E-state index in [-0.39, 0.29) is 19.1 Å². The first-order valence-corrected chi connectivity index (χ1v) is 9.76. The summed E-state index contributed by atoms with van der Waals surface area (Å²) in [6, 6.07) is 15.9. The summed E-state index contributed by atoms with van der Waals surface area (Å²) in [7, 11) is 0. The minimum absolute atomic E-state index is 0.113. The summed E-state index contributed by atoms with van der Waals surface area (Å²) >= 11 is 10.2. The van der Waals surface area contributed by atoms with Crippen LogP contribution in [0.15, 0.2) is 58.4 Å². The van der Waals surface area contributed by atoms with Crippen molar-refractivity contribution in [1.29, 1.82) is 0 Å². The van der Waals surface area contributed by atoms with Crippen molar-refractivity contribution in [2.24, 2.45) is 0 Å². The van der Waals surface area contributed by atoms with Crippen molar-refractivity contribution in [1.82, 2.24) is 4.57 Å². The number of thiazole rings is 1. The van der Waals surface area contributed by atoms with E-state index in [0.717, 1.165) is 21.3 Å². The number of aryl methyl sites for hydroxylation is 1. The van der Waals surface area contributed by atoms with Gasteiger partial charge in [-0.1, -0.05) is 57.9 Å². The Balaban J connectivity index is 1.71. The highest BCUT2D eigenvalue weighted by Gasteiger charge is 2.12. The Labute approximate surface area is 164 Å². The molecule has 0 aliphatic carbocycles. The minimum Gasteiger partial charge on any atom is -0.459 e. The Kier molecular flexibility index (Phi) is 5.83. The molecule has 0 spiro atoms. The molecule has 0 amide bonds. The van der Waals surface area contributed by atoms with Crippen LogP contribution in [0.3, 0.4) is 0 Å². The summed E-state index contributed by atoms with van der Waals surface area (Å²) < 4.78 is 8.88. The van der Waals surface area contributed by atoms with E-state index in [0.29, 0.717) is 3.95 Å². The summed E-state index contributed by atoms with van der Waals surface area (Å²) in [6.45, 7) is 2.41. The molecule has 3 nitrogen and oxygen atoms in total. The largest absolute Gasteiger partial charge is 0.459 e. The van der Waals surface area contributed by atoms with E-state index in [1.807, 2.05) is 65.4 Å². The normalized spacial score (nSPS) is 10.6. The Morgan fingerprint density at radius 2 is 1.84 bits per heavy atom. The van der Waals surface area contributed by atoms with Crippen molar-refractivity contribution in [3.8, 4) is 11.3 Å². The van der Waals surface area contributed by atoms with E-state index in [4.69, 9.17) is 17.0 Å². The molecule has 2 aromatic carbocycles. The molecular formula is C19H16BrNO2S2. The highest BCUT2D eigenvalue weighted by Crippen LogP contribution is 2.24. The van der Waals surface area contributed by atoms with Crippen LogP contribution in [0.1, 0.15) is 11.1 Å². The number of carbonyl (C=O) groups excluding carboxylic acids is 1. The van der Waals surface area contributed by atoms with Crippen LogP contribution in [0.25, 0.3) is 11.3 Å². The van der Waals surface area contributed by atoms with Crippen molar-refractivity contribution in [2.45, 2.75) is 20.1 Å². The third-order valence-corrected chi connectivity index (χ3v) is 5.53. The number of carbonyl (C=O) groups is 1. The van der Waals surface area contributed by atoms with Gasteiger partial charge in [0, 0.05) is 9.85 Å². The van der Waals surface area contributed by atoms with E-state index >= 15 is 0 Å². The molecule has 0 radical (unpaired) electrons. The second-order valence-electron chi connectivity index (χ2n) is 5.63. The van der Waals surface area contributed by atoms with Crippen LogP contribution in [-0.2, 0) is 22.7 Å². The third-order valence-electron chi connectivity index (χ3n) is 3.73. The van der Waals surface area contributed by atoms with Crippen molar-refractivity contribution in [3.05, 3.63) is 73.5 Å². The Hall–Kier alpha value is -1.76. The lowest BCUT2D eigenvalue weighted by molar-refractivity contribution is -0.145. The fraction of sp³-hybridized carbons (Fsp3) is 0.158. The number of aromatic nitrogens is 1. The number of benzene rings is 2. The van der Waals surface area contributed by atoms with Gasteiger partial charge in [-0.15, -0.1) is 11.3 Å². The van der Waals surface area contributed by atoms with Crippen LogP contribution in [0.5, 0.6) is 0 Å². The Morgan fingerprint density at radius 1 is 1.16 bits per heavy atom. The number of halogens is 1. The van der Waals surface area contributed by atoms with Crippen LogP contribution < -0.4 is 0 Å². The molecule has 0 saturated heterocycles. The quantitative estimate of drug-likeness (QED) is 0.378. The van der Waals surface area contributed by atoms with Crippen LogP contribution >= 0.6 is 39.5 Å². The molecule has 25 heavy (non-hydrogen) atoms. The maximum Gasteiger partial charge on any atom is 0.326 e. The number of hydrogen-bond acceptors (Lipinski definition) is 4. The van der Waals surface area contributed by atoms with Gasteiger partial charge in [0.15, 0.2) is 3.95 Å². The smallest absolute Gasteiger partial charge is 0.326 e. The van der Waals surface area contributed by atoms with Gasteiger partial charge in [-0.25, -0.2) is 0 Å². The fourth-order valence-corrected chi connectivity index (χ4v) is 3.69. The zero-order chi connectivity index (χ0) is 17.8. The van der Waals surface area contributed by atoms with Crippen LogP contribution in [0.4, 0.5) is 0 Å². The fourth-order valence-electron chi connectivity index (χ4n) is 2.35. The number of hydrogen-bond donors (Lipinski definition) is 0. The molecule has 0 fully saturated rings. The summed E-state index contributed by atoms with van der Waals surface area (Å²) in [4.78, 5) is 12.2. The highest BCUT2D eigenvalue weighted by molar-refractivity contribution is 9.10. The zero-order valence-electron chi connectivity index (χ0n) is 13.6. The van der Waals surface area contributed by atoms with Gasteiger partial charge in [0.2, 0.25) is 0 Å². The first-order valence-electron chi connectivity index (χ1n) is 7.68. The molecule has 6 heteroatoms. The first-order chi connectivity index (χ1) is 12.0. The monoisotopic (exact) mass is 433 g/mol. The van der Waals surface area contributed by atoms with Crippen molar-refractivity contribution >= 4 is 45.5 Å². The van der Waals surface area contributed by atoms with Gasteiger partial charge in [0.05, 0.1) is 5.69 Å². The average Bonchev–Trinajstić information content (AvgIpc) is 2.96. The predicted molar refractivity (Wildman–Crippen MR) is 107 cm³/mol. The lowest BCUT2D eigenvalue weighted by atomic mass is 10.1. The van der Waals surface area contributed by atoms with Gasteiger partial charge in [-0.05, 0) is 42.4 Å². The molecule has 1 aromatic heterocycles. The van der Waals surface area contributed by atoms with Gasteiger partial charge in [-0.3, -0.25) is 4.79 Å². The topological polar surface area (TPSA) is 31.2 Å². The summed E-state index contributed by atoms with van der Waals surface area (Å²) in [5, 5.41) is 1.98.